The van der Waals surface area contributed by atoms with E-state index in [0.29, 0.717) is 30.8 Å². The Morgan fingerprint density at radius 3 is 2.57 bits per heavy atom. The summed E-state index contributed by atoms with van der Waals surface area (Å²) >= 11 is 0. The third-order valence-corrected chi connectivity index (χ3v) is 9.22. The number of H-pyrrole nitrogens is 1. The number of fused-ring (bicyclic) bond motifs is 3. The lowest BCUT2D eigenvalue weighted by molar-refractivity contribution is 0.0233. The molecule has 0 spiro atoms. The van der Waals surface area contributed by atoms with E-state index >= 15 is 0 Å². The van der Waals surface area contributed by atoms with Crippen LogP contribution in [-0.2, 0) is 37.8 Å². The molecule has 1 aromatic heterocycles. The predicted molar refractivity (Wildman–Crippen MR) is 133 cm³/mol. The van der Waals surface area contributed by atoms with Gasteiger partial charge in [-0.15, -0.1) is 0 Å². The van der Waals surface area contributed by atoms with E-state index < -0.39 is 0 Å². The molecule has 1 amide bonds. The number of piperidine rings is 1. The standard InChI is InChI=1S/C29H29N3O3/c1-31-9-8-29-14-25-20(11-24(29)26(31)12-17-6-7-21(33)13-23(17)29)10-22(27(34)30-25)28(35)32-15-18-4-2-3-5-19(18)16-32/h2-7,10,13,24,26,33H,8-9,11-12,14-16H2,1H3,(H,30,34)/t24-,26+,29+/m0/s1. The summed E-state index contributed by atoms with van der Waals surface area (Å²) in [6.45, 7) is 2.09. The molecule has 2 aliphatic carbocycles. The highest BCUT2D eigenvalue weighted by Crippen LogP contribution is 2.54. The van der Waals surface area contributed by atoms with Crippen molar-refractivity contribution in [2.75, 3.05) is 13.6 Å². The van der Waals surface area contributed by atoms with Gasteiger partial charge in [-0.05, 0) is 91.2 Å². The predicted octanol–water partition coefficient (Wildman–Crippen LogP) is 3.15. The lowest BCUT2D eigenvalue weighted by Crippen LogP contribution is -2.61. The highest BCUT2D eigenvalue weighted by atomic mass is 16.3. The number of aromatic amines is 1. The van der Waals surface area contributed by atoms with E-state index in [-0.39, 0.29) is 22.4 Å². The van der Waals surface area contributed by atoms with Crippen molar-refractivity contribution >= 4 is 5.91 Å². The van der Waals surface area contributed by atoms with Gasteiger partial charge in [0.05, 0.1) is 0 Å². The number of amides is 1. The Hall–Kier alpha value is -3.38. The molecular formula is C29H29N3O3. The number of nitrogens with zero attached hydrogens (tertiary/aromatic N) is 2. The lowest BCUT2D eigenvalue weighted by atomic mass is 9.52. The molecule has 0 radical (unpaired) electrons. The van der Waals surface area contributed by atoms with Crippen molar-refractivity contribution in [3.63, 3.8) is 0 Å². The molecule has 2 N–H and O–H groups in total. The van der Waals surface area contributed by atoms with Gasteiger partial charge in [0.15, 0.2) is 0 Å². The van der Waals surface area contributed by atoms with Crippen LogP contribution in [-0.4, -0.2) is 45.4 Å². The molecule has 6 nitrogen and oxygen atoms in total. The molecule has 0 saturated carbocycles. The van der Waals surface area contributed by atoms with Gasteiger partial charge in [-0.1, -0.05) is 30.3 Å². The fourth-order valence-electron chi connectivity index (χ4n) is 7.42. The second kappa shape index (κ2) is 7.31. The highest BCUT2D eigenvalue weighted by molar-refractivity contribution is 5.94. The number of phenols is 1. The Balaban J connectivity index is 1.28. The summed E-state index contributed by atoms with van der Waals surface area (Å²) in [7, 11) is 2.21. The zero-order valence-corrected chi connectivity index (χ0v) is 19.9. The summed E-state index contributed by atoms with van der Waals surface area (Å²) in [5.41, 5.74) is 6.75. The average Bonchev–Trinajstić information content (AvgIpc) is 3.29. The van der Waals surface area contributed by atoms with Crippen LogP contribution in [0, 0.1) is 5.92 Å². The van der Waals surface area contributed by atoms with Crippen LogP contribution in [0.25, 0.3) is 0 Å². The summed E-state index contributed by atoms with van der Waals surface area (Å²) in [6, 6.07) is 16.2. The van der Waals surface area contributed by atoms with E-state index in [4.69, 9.17) is 0 Å². The molecule has 4 aliphatic rings. The smallest absolute Gasteiger partial charge is 0.261 e. The van der Waals surface area contributed by atoms with E-state index in [1.807, 2.05) is 36.4 Å². The van der Waals surface area contributed by atoms with E-state index in [9.17, 15) is 14.7 Å². The number of likely N-dealkylation sites (tertiary alicyclic amines) is 1. The molecule has 3 aromatic rings. The van der Waals surface area contributed by atoms with E-state index in [1.165, 1.54) is 11.1 Å². The first kappa shape index (κ1) is 20.9. The quantitative estimate of drug-likeness (QED) is 0.577. The molecule has 6 heteroatoms. The Labute approximate surface area is 204 Å². The van der Waals surface area contributed by atoms with Crippen molar-refractivity contribution in [1.29, 1.82) is 0 Å². The van der Waals surface area contributed by atoms with Gasteiger partial charge in [0.25, 0.3) is 11.5 Å². The maximum absolute atomic E-state index is 13.4. The molecule has 2 bridgehead atoms. The molecule has 35 heavy (non-hydrogen) atoms. The lowest BCUT2D eigenvalue weighted by Gasteiger charge is -2.58. The summed E-state index contributed by atoms with van der Waals surface area (Å²) < 4.78 is 0. The first-order valence-corrected chi connectivity index (χ1v) is 12.6. The number of carbonyl (C=O) groups is 1. The van der Waals surface area contributed by atoms with Gasteiger partial charge in [-0.25, -0.2) is 0 Å². The van der Waals surface area contributed by atoms with Crippen LogP contribution in [0.15, 0.2) is 53.3 Å². The first-order chi connectivity index (χ1) is 16.9. The molecule has 178 valence electrons. The second-order valence-electron chi connectivity index (χ2n) is 10.9. The van der Waals surface area contributed by atoms with E-state index in [0.717, 1.165) is 54.6 Å². The number of pyridine rings is 1. The van der Waals surface area contributed by atoms with Crippen LogP contribution in [0.2, 0.25) is 0 Å². The number of benzene rings is 2. The number of hydrogen-bond donors (Lipinski definition) is 2. The number of nitrogens with one attached hydrogen (secondary N) is 1. The maximum Gasteiger partial charge on any atom is 0.261 e. The van der Waals surface area contributed by atoms with E-state index in [1.54, 1.807) is 11.0 Å². The monoisotopic (exact) mass is 467 g/mol. The summed E-state index contributed by atoms with van der Waals surface area (Å²) in [4.78, 5) is 34.0. The van der Waals surface area contributed by atoms with Crippen LogP contribution in [0.4, 0.5) is 0 Å². The van der Waals surface area contributed by atoms with Crippen LogP contribution in [0.1, 0.15) is 50.3 Å². The first-order valence-electron chi connectivity index (χ1n) is 12.6. The van der Waals surface area contributed by atoms with Crippen molar-refractivity contribution in [2.45, 2.75) is 50.2 Å². The van der Waals surface area contributed by atoms with Crippen LogP contribution in [0.3, 0.4) is 0 Å². The van der Waals surface area contributed by atoms with Gasteiger partial charge in [-0.3, -0.25) is 9.59 Å². The number of carbonyl (C=O) groups excluding carboxylic acids is 1. The molecule has 7 rings (SSSR count). The van der Waals surface area contributed by atoms with Gasteiger partial charge in [-0.2, -0.15) is 0 Å². The zero-order valence-electron chi connectivity index (χ0n) is 19.9. The number of phenolic OH excluding ortho intramolecular Hbond substituents is 1. The van der Waals surface area contributed by atoms with Gasteiger partial charge in [0.2, 0.25) is 0 Å². The summed E-state index contributed by atoms with van der Waals surface area (Å²) in [5.74, 6) is 0.496. The van der Waals surface area contributed by atoms with Crippen molar-refractivity contribution in [3.05, 3.63) is 98.0 Å². The minimum atomic E-state index is -0.295. The number of aromatic nitrogens is 1. The van der Waals surface area contributed by atoms with Crippen molar-refractivity contribution < 1.29 is 9.90 Å². The highest BCUT2D eigenvalue weighted by Gasteiger charge is 2.54. The van der Waals surface area contributed by atoms with E-state index in [2.05, 4.69) is 23.0 Å². The van der Waals surface area contributed by atoms with Crippen molar-refractivity contribution in [2.24, 2.45) is 5.92 Å². The number of rotatable bonds is 1. The fraction of sp³-hybridized carbons (Fsp3) is 0.379. The number of hydrogen-bond acceptors (Lipinski definition) is 4. The molecule has 0 unspecified atom stereocenters. The molecule has 2 aliphatic heterocycles. The fourth-order valence-corrected chi connectivity index (χ4v) is 7.42. The van der Waals surface area contributed by atoms with Crippen molar-refractivity contribution in [1.82, 2.24) is 14.8 Å². The molecular weight excluding hydrogens is 438 g/mol. The molecule has 1 saturated heterocycles. The molecule has 3 atom stereocenters. The number of aromatic hydroxyl groups is 1. The summed E-state index contributed by atoms with van der Waals surface area (Å²) in [6.07, 6.45) is 3.54. The third-order valence-electron chi connectivity index (χ3n) is 9.22. The normalized spacial score (nSPS) is 26.5. The maximum atomic E-state index is 13.4. The van der Waals surface area contributed by atoms with Gasteiger partial charge in [0, 0.05) is 30.2 Å². The largest absolute Gasteiger partial charge is 0.508 e. The SMILES string of the molecule is CN1CC[C@]23Cc4[nH]c(=O)c(C(=O)N5Cc6ccccc6C5)cc4C[C@H]2[C@H]1Cc1ccc(O)cc13. The second-order valence-corrected chi connectivity index (χ2v) is 10.9. The Morgan fingerprint density at radius 2 is 1.80 bits per heavy atom. The summed E-state index contributed by atoms with van der Waals surface area (Å²) in [5, 5.41) is 10.3. The van der Waals surface area contributed by atoms with Gasteiger partial charge >= 0.3 is 0 Å². The van der Waals surface area contributed by atoms with Crippen LogP contribution < -0.4 is 5.56 Å². The van der Waals surface area contributed by atoms with Crippen LogP contribution >= 0.6 is 0 Å². The van der Waals surface area contributed by atoms with Gasteiger partial charge in [0.1, 0.15) is 11.3 Å². The third kappa shape index (κ3) is 2.99. The topological polar surface area (TPSA) is 76.6 Å². The minimum Gasteiger partial charge on any atom is -0.508 e. The minimum absolute atomic E-state index is 0.0957. The molecule has 3 heterocycles. The van der Waals surface area contributed by atoms with Crippen LogP contribution in [0.5, 0.6) is 5.75 Å². The molecule has 2 aromatic carbocycles. The Kier molecular flexibility index (Phi) is 4.38. The Morgan fingerprint density at radius 1 is 1.03 bits per heavy atom. The number of likely N-dealkylation sites (N-methyl/N-ethyl adjacent to an activating group) is 1. The zero-order chi connectivity index (χ0) is 23.9. The van der Waals surface area contributed by atoms with Crippen molar-refractivity contribution in [3.8, 4) is 5.75 Å². The van der Waals surface area contributed by atoms with Gasteiger partial charge < -0.3 is 19.9 Å². The molecule has 1 fully saturated rings. The Bertz CT molecular complexity index is 1420. The average molecular weight is 468 g/mol.